The molecular formula is C14H25N6O5P. The van der Waals surface area contributed by atoms with Crippen LogP contribution in [-0.2, 0) is 18.4 Å². The quantitative estimate of drug-likeness (QED) is 0.605. The largest absolute Gasteiger partial charge is 0.525 e. The van der Waals surface area contributed by atoms with E-state index in [1.165, 1.54) is 16.1 Å². The van der Waals surface area contributed by atoms with Gasteiger partial charge in [-0.05, 0) is 37.3 Å². The van der Waals surface area contributed by atoms with Crippen molar-refractivity contribution in [1.29, 1.82) is 0 Å². The fourth-order valence-electron chi connectivity index (χ4n) is 3.28. The highest BCUT2D eigenvalue weighted by Crippen LogP contribution is 2.53. The summed E-state index contributed by atoms with van der Waals surface area (Å²) in [5, 5.41) is 12.4. The Morgan fingerprint density at radius 2 is 1.54 bits per heavy atom. The van der Waals surface area contributed by atoms with Crippen molar-refractivity contribution in [3.63, 3.8) is 0 Å². The first-order valence-corrected chi connectivity index (χ1v) is 10.7. The molecule has 0 N–H and O–H groups in total. The number of hydroxylamine groups is 6. The fourth-order valence-corrected chi connectivity index (χ4v) is 4.71. The fraction of sp³-hybridized carbons (Fsp3) is 0.857. The zero-order valence-electron chi connectivity index (χ0n) is 14.7. The van der Waals surface area contributed by atoms with E-state index in [0.717, 1.165) is 58.3 Å². The van der Waals surface area contributed by atoms with Gasteiger partial charge in [0, 0.05) is 39.1 Å². The van der Waals surface area contributed by atoms with Gasteiger partial charge in [0.1, 0.15) is 0 Å². The van der Waals surface area contributed by atoms with Gasteiger partial charge in [-0.25, -0.2) is 4.57 Å². The van der Waals surface area contributed by atoms with Crippen LogP contribution in [0.2, 0.25) is 0 Å². The first kappa shape index (κ1) is 18.3. The molecule has 0 aliphatic carbocycles. The molecule has 4 rings (SSSR count). The minimum absolute atomic E-state index is 0.436. The molecule has 0 amide bonds. The first-order valence-electron chi connectivity index (χ1n) is 9.19. The molecule has 12 heteroatoms. The Labute approximate surface area is 152 Å². The van der Waals surface area contributed by atoms with Gasteiger partial charge in [-0.15, -0.1) is 10.2 Å². The molecule has 1 aromatic heterocycles. The van der Waals surface area contributed by atoms with Crippen LogP contribution in [0.3, 0.4) is 0 Å². The maximum Gasteiger partial charge on any atom is 0.525 e. The molecule has 0 aromatic carbocycles. The van der Waals surface area contributed by atoms with Crippen molar-refractivity contribution >= 4 is 7.82 Å². The smallest absolute Gasteiger partial charge is 0.374 e. The van der Waals surface area contributed by atoms with Crippen LogP contribution in [0.15, 0.2) is 12.4 Å². The minimum Gasteiger partial charge on any atom is -0.374 e. The van der Waals surface area contributed by atoms with Gasteiger partial charge in [0.15, 0.2) is 0 Å². The lowest BCUT2D eigenvalue weighted by Gasteiger charge is -2.30. The summed E-state index contributed by atoms with van der Waals surface area (Å²) in [5.41, 5.74) is 0. The Bertz CT molecular complexity index is 585. The van der Waals surface area contributed by atoms with E-state index in [4.69, 9.17) is 18.7 Å². The van der Waals surface area contributed by atoms with E-state index in [1.54, 1.807) is 16.3 Å². The van der Waals surface area contributed by atoms with Crippen LogP contribution in [0, 0.1) is 0 Å². The van der Waals surface area contributed by atoms with E-state index < -0.39 is 14.1 Å². The van der Waals surface area contributed by atoms with Crippen LogP contribution in [0.4, 0.5) is 0 Å². The highest BCUT2D eigenvalue weighted by Gasteiger charge is 2.42. The van der Waals surface area contributed by atoms with Gasteiger partial charge in [0.2, 0.25) is 6.23 Å². The van der Waals surface area contributed by atoms with Gasteiger partial charge in [0.05, 0.1) is 12.4 Å². The van der Waals surface area contributed by atoms with Crippen LogP contribution in [-0.4, -0.2) is 69.3 Å². The zero-order valence-corrected chi connectivity index (χ0v) is 15.6. The van der Waals surface area contributed by atoms with E-state index in [1.807, 2.05) is 0 Å². The standard InChI is InChI=1S/C14H25N6O5P/c21-26(23-17-8-1-2-9-17,24-18-10-3-4-11-18)25-19-12-5-6-14(19)22-20-13-7-15-16-20/h7,13-14H,1-6,8-12H2. The highest BCUT2D eigenvalue weighted by molar-refractivity contribution is 7.48. The van der Waals surface area contributed by atoms with Gasteiger partial charge in [0.25, 0.3) is 0 Å². The Balaban J connectivity index is 1.42. The second kappa shape index (κ2) is 8.30. The molecule has 4 heterocycles. The second-order valence-electron chi connectivity index (χ2n) is 6.61. The van der Waals surface area contributed by atoms with Gasteiger partial charge < -0.3 is 4.84 Å². The average molecular weight is 388 g/mol. The van der Waals surface area contributed by atoms with Crippen molar-refractivity contribution < 1.29 is 23.3 Å². The monoisotopic (exact) mass is 388 g/mol. The lowest BCUT2D eigenvalue weighted by Crippen LogP contribution is -2.39. The number of nitrogens with zero attached hydrogens (tertiary/aromatic N) is 6. The molecular weight excluding hydrogens is 363 g/mol. The molecule has 3 saturated heterocycles. The van der Waals surface area contributed by atoms with Crippen LogP contribution in [0.1, 0.15) is 38.5 Å². The summed E-state index contributed by atoms with van der Waals surface area (Å²) < 4.78 is 30.5. The third-order valence-electron chi connectivity index (χ3n) is 4.55. The summed E-state index contributed by atoms with van der Waals surface area (Å²) in [5.74, 6) is 0. The van der Waals surface area contributed by atoms with Crippen LogP contribution >= 0.6 is 7.82 Å². The summed E-state index contributed by atoms with van der Waals surface area (Å²) in [4.78, 5) is 6.96. The van der Waals surface area contributed by atoms with Gasteiger partial charge in [-0.2, -0.15) is 24.0 Å². The van der Waals surface area contributed by atoms with Crippen LogP contribution in [0.25, 0.3) is 0 Å². The van der Waals surface area contributed by atoms with Crippen molar-refractivity contribution in [2.24, 2.45) is 0 Å². The Morgan fingerprint density at radius 3 is 2.12 bits per heavy atom. The molecule has 3 aliphatic heterocycles. The Kier molecular flexibility index (Phi) is 5.84. The predicted molar refractivity (Wildman–Crippen MR) is 88.8 cm³/mol. The Hall–Kier alpha value is -1.07. The molecule has 0 spiro atoms. The minimum atomic E-state index is -3.84. The van der Waals surface area contributed by atoms with Crippen LogP contribution in [0.5, 0.6) is 0 Å². The summed E-state index contributed by atoms with van der Waals surface area (Å²) in [6.45, 7) is 3.44. The molecule has 0 saturated carbocycles. The van der Waals surface area contributed by atoms with E-state index in [0.29, 0.717) is 13.0 Å². The number of aromatic nitrogens is 3. The summed E-state index contributed by atoms with van der Waals surface area (Å²) in [6, 6.07) is 0. The SMILES string of the molecule is O=P(ON1CCCC1)(ON1CCCC1)ON1CCCC1On1ccnn1. The lowest BCUT2D eigenvalue weighted by molar-refractivity contribution is -0.220. The van der Waals surface area contributed by atoms with Gasteiger partial charge in [-0.1, -0.05) is 4.85 Å². The van der Waals surface area contributed by atoms with E-state index in [-0.39, 0.29) is 0 Å². The van der Waals surface area contributed by atoms with Crippen molar-refractivity contribution in [3.8, 4) is 0 Å². The maximum absolute atomic E-state index is 13.3. The second-order valence-corrected chi connectivity index (χ2v) is 8.00. The topological polar surface area (TPSA) is 94.4 Å². The predicted octanol–water partition coefficient (Wildman–Crippen LogP) is 1.22. The van der Waals surface area contributed by atoms with E-state index in [2.05, 4.69) is 10.3 Å². The lowest BCUT2D eigenvalue weighted by atomic mass is 10.4. The average Bonchev–Trinajstić information content (AvgIpc) is 3.38. The van der Waals surface area contributed by atoms with Gasteiger partial charge in [-0.3, -0.25) is 0 Å². The normalized spacial score (nSPS) is 26.1. The summed E-state index contributed by atoms with van der Waals surface area (Å²) in [6.07, 6.45) is 8.26. The molecule has 1 unspecified atom stereocenters. The third-order valence-corrected chi connectivity index (χ3v) is 5.82. The molecule has 0 bridgehead atoms. The first-order chi connectivity index (χ1) is 12.7. The molecule has 3 fully saturated rings. The number of phosphoric acid groups is 1. The summed E-state index contributed by atoms with van der Waals surface area (Å²) in [7, 11) is -3.84. The maximum atomic E-state index is 13.3. The van der Waals surface area contributed by atoms with Crippen molar-refractivity contribution in [1.82, 2.24) is 30.3 Å². The number of hydrogen-bond donors (Lipinski definition) is 0. The van der Waals surface area contributed by atoms with E-state index >= 15 is 0 Å². The van der Waals surface area contributed by atoms with Crippen molar-refractivity contribution in [2.45, 2.75) is 44.8 Å². The van der Waals surface area contributed by atoms with Crippen molar-refractivity contribution in [3.05, 3.63) is 12.4 Å². The van der Waals surface area contributed by atoms with Gasteiger partial charge >= 0.3 is 7.82 Å². The van der Waals surface area contributed by atoms with Crippen molar-refractivity contribution in [2.75, 3.05) is 32.7 Å². The summed E-state index contributed by atoms with van der Waals surface area (Å²) >= 11 is 0. The molecule has 11 nitrogen and oxygen atoms in total. The zero-order chi connectivity index (χ0) is 17.8. The van der Waals surface area contributed by atoms with Crippen LogP contribution < -0.4 is 4.84 Å². The third kappa shape index (κ3) is 4.61. The molecule has 1 aromatic rings. The molecule has 3 aliphatic rings. The highest BCUT2D eigenvalue weighted by atomic mass is 31.2. The molecule has 26 heavy (non-hydrogen) atoms. The molecule has 0 radical (unpaired) electrons. The molecule has 146 valence electrons. The Morgan fingerprint density at radius 1 is 0.885 bits per heavy atom. The number of rotatable bonds is 8. The molecule has 1 atom stereocenters. The number of hydrogen-bond acceptors (Lipinski definition) is 10. The van der Waals surface area contributed by atoms with E-state index in [9.17, 15) is 4.57 Å².